The molecule has 0 radical (unpaired) electrons. The summed E-state index contributed by atoms with van der Waals surface area (Å²) in [6.45, 7) is 2.09. The number of amides is 1. The summed E-state index contributed by atoms with van der Waals surface area (Å²) >= 11 is 0. The van der Waals surface area contributed by atoms with Crippen molar-refractivity contribution in [1.82, 2.24) is 15.1 Å². The molecule has 0 bridgehead atoms. The van der Waals surface area contributed by atoms with E-state index in [2.05, 4.69) is 10.4 Å². The number of hydrogen-bond donors (Lipinski definition) is 2. The zero-order chi connectivity index (χ0) is 15.7. The lowest BCUT2D eigenvalue weighted by molar-refractivity contribution is -0.143. The van der Waals surface area contributed by atoms with Crippen molar-refractivity contribution >= 4 is 11.9 Å². The number of aryl methyl sites for hydroxylation is 1. The molecule has 22 heavy (non-hydrogen) atoms. The Morgan fingerprint density at radius 2 is 1.95 bits per heavy atom. The van der Waals surface area contributed by atoms with E-state index in [4.69, 9.17) is 5.11 Å². The second-order valence-corrected chi connectivity index (χ2v) is 5.72. The van der Waals surface area contributed by atoms with Crippen LogP contribution in [0.3, 0.4) is 0 Å². The minimum atomic E-state index is -0.836. The molecule has 6 heteroatoms. The minimum absolute atomic E-state index is 0.182. The normalized spacial score (nSPS) is 15.3. The van der Waals surface area contributed by atoms with E-state index < -0.39 is 11.4 Å². The second kappa shape index (κ2) is 5.29. The first-order chi connectivity index (χ1) is 10.5. The molecule has 1 fully saturated rings. The molecule has 2 N–H and O–H groups in total. The van der Waals surface area contributed by atoms with Gasteiger partial charge in [-0.25, -0.2) is 4.68 Å². The van der Waals surface area contributed by atoms with Crippen LogP contribution < -0.4 is 5.32 Å². The van der Waals surface area contributed by atoms with E-state index in [1.807, 2.05) is 31.3 Å². The molecule has 1 saturated carbocycles. The maximum atomic E-state index is 12.1. The van der Waals surface area contributed by atoms with Gasteiger partial charge in [-0.05, 0) is 50.1 Å². The molecular weight excluding hydrogens is 282 g/mol. The fourth-order valence-electron chi connectivity index (χ4n) is 2.29. The van der Waals surface area contributed by atoms with Gasteiger partial charge in [-0.2, -0.15) is 5.10 Å². The monoisotopic (exact) mass is 299 g/mol. The first-order valence-electron chi connectivity index (χ1n) is 7.14. The number of carboxylic acid groups (broad SMARTS) is 1. The molecule has 2 aromatic rings. The van der Waals surface area contributed by atoms with E-state index >= 15 is 0 Å². The number of aromatic nitrogens is 2. The van der Waals surface area contributed by atoms with Crippen molar-refractivity contribution in [3.8, 4) is 5.69 Å². The minimum Gasteiger partial charge on any atom is -0.481 e. The van der Waals surface area contributed by atoms with Gasteiger partial charge in [0.05, 0.1) is 16.8 Å². The third-order valence-corrected chi connectivity index (χ3v) is 4.01. The largest absolute Gasteiger partial charge is 0.481 e. The molecule has 0 unspecified atom stereocenters. The van der Waals surface area contributed by atoms with Gasteiger partial charge < -0.3 is 10.4 Å². The van der Waals surface area contributed by atoms with E-state index in [9.17, 15) is 9.59 Å². The lowest BCUT2D eigenvalue weighted by atomic mass is 10.1. The summed E-state index contributed by atoms with van der Waals surface area (Å²) in [4.78, 5) is 23.1. The quantitative estimate of drug-likeness (QED) is 0.881. The lowest BCUT2D eigenvalue weighted by Crippen LogP contribution is -2.34. The van der Waals surface area contributed by atoms with Crippen molar-refractivity contribution in [2.45, 2.75) is 19.8 Å². The van der Waals surface area contributed by atoms with Gasteiger partial charge >= 0.3 is 5.97 Å². The third-order valence-electron chi connectivity index (χ3n) is 4.01. The molecule has 0 atom stereocenters. The zero-order valence-electron chi connectivity index (χ0n) is 12.2. The standard InChI is InChI=1S/C16H17N3O3/c1-11-6-9-19(18-11)13-4-2-12(3-5-13)14(20)17-10-16(7-8-16)15(21)22/h2-6,9H,7-8,10H2,1H3,(H,17,20)(H,21,22). The highest BCUT2D eigenvalue weighted by Gasteiger charge is 2.50. The van der Waals surface area contributed by atoms with Crippen LogP contribution in [0.1, 0.15) is 28.9 Å². The molecule has 114 valence electrons. The highest BCUT2D eigenvalue weighted by Crippen LogP contribution is 2.45. The van der Waals surface area contributed by atoms with Gasteiger partial charge in [-0.3, -0.25) is 9.59 Å². The summed E-state index contributed by atoms with van der Waals surface area (Å²) < 4.78 is 1.74. The van der Waals surface area contributed by atoms with Gasteiger partial charge in [0.25, 0.3) is 5.91 Å². The Hall–Kier alpha value is -2.63. The van der Waals surface area contributed by atoms with E-state index in [-0.39, 0.29) is 12.5 Å². The molecule has 0 spiro atoms. The number of carbonyl (C=O) groups excluding carboxylic acids is 1. The van der Waals surface area contributed by atoms with Crippen LogP contribution >= 0.6 is 0 Å². The summed E-state index contributed by atoms with van der Waals surface area (Å²) in [5.41, 5.74) is 1.55. The molecule has 1 heterocycles. The summed E-state index contributed by atoms with van der Waals surface area (Å²) in [6, 6.07) is 8.95. The van der Waals surface area contributed by atoms with E-state index in [0.717, 1.165) is 11.4 Å². The topological polar surface area (TPSA) is 84.2 Å². The summed E-state index contributed by atoms with van der Waals surface area (Å²) in [7, 11) is 0. The molecule has 1 aliphatic rings. The number of carboxylic acids is 1. The van der Waals surface area contributed by atoms with E-state index in [1.165, 1.54) is 0 Å². The Balaban J connectivity index is 1.65. The Bertz CT molecular complexity index is 714. The fraction of sp³-hybridized carbons (Fsp3) is 0.312. The molecule has 6 nitrogen and oxygen atoms in total. The lowest BCUT2D eigenvalue weighted by Gasteiger charge is -2.11. The van der Waals surface area contributed by atoms with Gasteiger partial charge in [0.15, 0.2) is 0 Å². The molecule has 1 aliphatic carbocycles. The summed E-state index contributed by atoms with van der Waals surface area (Å²) in [5, 5.41) is 16.1. The predicted molar refractivity (Wildman–Crippen MR) is 79.9 cm³/mol. The van der Waals surface area contributed by atoms with Crippen molar-refractivity contribution in [3.05, 3.63) is 47.8 Å². The van der Waals surface area contributed by atoms with Crippen molar-refractivity contribution in [2.75, 3.05) is 6.54 Å². The molecule has 1 aromatic carbocycles. The number of hydrogen-bond acceptors (Lipinski definition) is 3. The average Bonchev–Trinajstić information content (AvgIpc) is 3.20. The highest BCUT2D eigenvalue weighted by molar-refractivity contribution is 5.94. The fourth-order valence-corrected chi connectivity index (χ4v) is 2.29. The van der Waals surface area contributed by atoms with E-state index in [0.29, 0.717) is 18.4 Å². The van der Waals surface area contributed by atoms with Gasteiger partial charge in [-0.15, -0.1) is 0 Å². The van der Waals surface area contributed by atoms with Crippen molar-refractivity contribution in [2.24, 2.45) is 5.41 Å². The van der Waals surface area contributed by atoms with Gasteiger partial charge in [0.2, 0.25) is 0 Å². The third kappa shape index (κ3) is 2.72. The van der Waals surface area contributed by atoms with E-state index in [1.54, 1.807) is 16.8 Å². The van der Waals surface area contributed by atoms with Crippen LogP contribution in [0.2, 0.25) is 0 Å². The van der Waals surface area contributed by atoms with Gasteiger partial charge in [0.1, 0.15) is 0 Å². The van der Waals surface area contributed by atoms with Crippen LogP contribution in [0.25, 0.3) is 5.69 Å². The Morgan fingerprint density at radius 3 is 2.45 bits per heavy atom. The zero-order valence-corrected chi connectivity index (χ0v) is 12.2. The van der Waals surface area contributed by atoms with Crippen molar-refractivity contribution in [1.29, 1.82) is 0 Å². The van der Waals surface area contributed by atoms with Crippen molar-refractivity contribution < 1.29 is 14.7 Å². The van der Waals surface area contributed by atoms with Crippen LogP contribution in [0.4, 0.5) is 0 Å². The Morgan fingerprint density at radius 1 is 1.27 bits per heavy atom. The van der Waals surface area contributed by atoms with Gasteiger partial charge in [-0.1, -0.05) is 0 Å². The smallest absolute Gasteiger partial charge is 0.311 e. The molecule has 3 rings (SSSR count). The summed E-state index contributed by atoms with van der Waals surface area (Å²) in [6.07, 6.45) is 3.11. The first kappa shape index (κ1) is 14.3. The second-order valence-electron chi connectivity index (χ2n) is 5.72. The molecule has 0 saturated heterocycles. The van der Waals surface area contributed by atoms with Crippen LogP contribution in [0.5, 0.6) is 0 Å². The SMILES string of the molecule is Cc1ccn(-c2ccc(C(=O)NCC3(C(=O)O)CC3)cc2)n1. The van der Waals surface area contributed by atoms with Gasteiger partial charge in [0, 0.05) is 18.3 Å². The number of rotatable bonds is 5. The number of benzene rings is 1. The summed E-state index contributed by atoms with van der Waals surface area (Å²) in [5.74, 6) is -1.09. The molecular formula is C16H17N3O3. The first-order valence-corrected chi connectivity index (χ1v) is 7.14. The van der Waals surface area contributed by atoms with Crippen LogP contribution in [-0.4, -0.2) is 33.3 Å². The number of nitrogens with one attached hydrogen (secondary N) is 1. The molecule has 0 aliphatic heterocycles. The molecule has 1 aromatic heterocycles. The van der Waals surface area contributed by atoms with Crippen LogP contribution in [-0.2, 0) is 4.79 Å². The predicted octanol–water partition coefficient (Wildman–Crippen LogP) is 1.78. The average molecular weight is 299 g/mol. The van der Waals surface area contributed by atoms with Crippen LogP contribution in [0.15, 0.2) is 36.5 Å². The molecule has 1 amide bonds. The number of aliphatic carboxylic acids is 1. The number of nitrogens with zero attached hydrogens (tertiary/aromatic N) is 2. The van der Waals surface area contributed by atoms with Crippen molar-refractivity contribution in [3.63, 3.8) is 0 Å². The maximum absolute atomic E-state index is 12.1. The Kier molecular flexibility index (Phi) is 3.44. The van der Waals surface area contributed by atoms with Crippen LogP contribution in [0, 0.1) is 12.3 Å². The maximum Gasteiger partial charge on any atom is 0.311 e. The highest BCUT2D eigenvalue weighted by atomic mass is 16.4. The number of carbonyl (C=O) groups is 2. The Labute approximate surface area is 127 Å².